The van der Waals surface area contributed by atoms with Crippen molar-refractivity contribution in [1.82, 2.24) is 0 Å². The van der Waals surface area contributed by atoms with Gasteiger partial charge in [0, 0.05) is 0 Å². The second-order valence-corrected chi connectivity index (χ2v) is 0.981. The first kappa shape index (κ1) is 3.98. The molecule has 0 spiro atoms. The molecule has 0 aromatic heterocycles. The average molecular weight is 97.1 g/mol. The van der Waals surface area contributed by atoms with E-state index >= 15 is 0 Å². The molecule has 36 valence electrons. The van der Waals surface area contributed by atoms with Crippen LogP contribution < -0.4 is 0 Å². The fourth-order valence-corrected chi connectivity index (χ4v) is 0.277. The van der Waals surface area contributed by atoms with E-state index in [1.54, 1.807) is 0 Å². The van der Waals surface area contributed by atoms with Crippen molar-refractivity contribution in [2.75, 3.05) is 0 Å². The Kier molecular flexibility index (Phi) is 0.856. The highest BCUT2D eigenvalue weighted by Crippen LogP contribution is 1.80. The molecule has 1 rings (SSSR count). The van der Waals surface area contributed by atoms with Gasteiger partial charge in [0.15, 0.2) is 0 Å². The molecular weight excluding hydrogens is 94.1 g/mol. The molecule has 0 saturated carbocycles. The number of rotatable bonds is 0. The van der Waals surface area contributed by atoms with Gasteiger partial charge in [-0.3, -0.25) is 0 Å². The van der Waals surface area contributed by atoms with Crippen molar-refractivity contribution < 1.29 is 5.21 Å². The van der Waals surface area contributed by atoms with E-state index in [0.29, 0.717) is 0 Å². The van der Waals surface area contributed by atoms with Crippen LogP contribution in [0.15, 0.2) is 15.1 Å². The molecule has 0 atom stereocenters. The van der Waals surface area contributed by atoms with Crippen molar-refractivity contribution in [2.45, 2.75) is 0 Å². The van der Waals surface area contributed by atoms with E-state index in [4.69, 9.17) is 5.21 Å². The summed E-state index contributed by atoms with van der Waals surface area (Å²) >= 11 is 0. The zero-order valence-electron chi connectivity index (χ0n) is 3.44. The Labute approximate surface area is 39.9 Å². The first-order chi connectivity index (χ1) is 3.43. The van der Waals surface area contributed by atoms with Gasteiger partial charge < -0.3 is 5.21 Å². The maximum atomic E-state index is 7.95. The van der Waals surface area contributed by atoms with Crippen molar-refractivity contribution in [1.29, 1.82) is 0 Å². The maximum Gasteiger partial charge on any atom is 0.211 e. The molecule has 0 radical (unpaired) electrons. The first-order valence-corrected chi connectivity index (χ1v) is 1.71. The third-order valence-electron chi connectivity index (χ3n) is 0.549. The van der Waals surface area contributed by atoms with E-state index < -0.39 is 0 Å². The monoisotopic (exact) mass is 97.0 g/mol. The predicted molar refractivity (Wildman–Crippen MR) is 26.2 cm³/mol. The standard InChI is InChI=1S/C3H3N3O/c7-6-3-1-4-2-5-3/h1-2,7H. The highest BCUT2D eigenvalue weighted by molar-refractivity contribution is 6.34. The fraction of sp³-hybridized carbons (Fsp3) is 0. The molecule has 1 heterocycles. The van der Waals surface area contributed by atoms with Gasteiger partial charge in [0.25, 0.3) is 0 Å². The van der Waals surface area contributed by atoms with E-state index in [1.165, 1.54) is 12.6 Å². The number of hydrogen-bond donors (Lipinski definition) is 1. The van der Waals surface area contributed by atoms with Crippen LogP contribution in [0.25, 0.3) is 0 Å². The van der Waals surface area contributed by atoms with Gasteiger partial charge in [-0.1, -0.05) is 5.16 Å². The van der Waals surface area contributed by atoms with Crippen molar-refractivity contribution in [3.05, 3.63) is 0 Å². The molecule has 0 aromatic rings. The van der Waals surface area contributed by atoms with Gasteiger partial charge in [-0.2, -0.15) is 0 Å². The minimum atomic E-state index is 0.250. The molecule has 0 amide bonds. The van der Waals surface area contributed by atoms with E-state index in [1.807, 2.05) is 0 Å². The number of nitrogens with zero attached hydrogens (tertiary/aromatic N) is 3. The zero-order valence-corrected chi connectivity index (χ0v) is 3.44. The van der Waals surface area contributed by atoms with Gasteiger partial charge in [-0.15, -0.1) is 0 Å². The second-order valence-electron chi connectivity index (χ2n) is 0.981. The second kappa shape index (κ2) is 1.51. The summed E-state index contributed by atoms with van der Waals surface area (Å²) in [4.78, 5) is 7.04. The lowest BCUT2D eigenvalue weighted by molar-refractivity contribution is 0.320. The van der Waals surface area contributed by atoms with Crippen LogP contribution in [0.4, 0.5) is 0 Å². The lowest BCUT2D eigenvalue weighted by Crippen LogP contribution is -1.87. The molecule has 4 heteroatoms. The molecule has 4 nitrogen and oxygen atoms in total. The Bertz CT molecular complexity index is 132. The van der Waals surface area contributed by atoms with Crippen LogP contribution in [0.5, 0.6) is 0 Å². The Morgan fingerprint density at radius 3 is 2.86 bits per heavy atom. The Hall–Kier alpha value is -1.19. The SMILES string of the molecule is ON=C1C=NC=N1. The molecular formula is C3H3N3O. The van der Waals surface area contributed by atoms with Gasteiger partial charge in [0.1, 0.15) is 6.34 Å². The number of aliphatic imine (C=N–C) groups is 2. The molecule has 0 fully saturated rings. The summed E-state index contributed by atoms with van der Waals surface area (Å²) in [6.45, 7) is 0. The molecule has 0 unspecified atom stereocenters. The van der Waals surface area contributed by atoms with Crippen LogP contribution in [0.3, 0.4) is 0 Å². The van der Waals surface area contributed by atoms with Crippen molar-refractivity contribution in [3.63, 3.8) is 0 Å². The Morgan fingerprint density at radius 1 is 1.71 bits per heavy atom. The molecule has 1 N–H and O–H groups in total. The Morgan fingerprint density at radius 2 is 2.57 bits per heavy atom. The zero-order chi connectivity index (χ0) is 5.11. The summed E-state index contributed by atoms with van der Waals surface area (Å²) < 4.78 is 0. The summed E-state index contributed by atoms with van der Waals surface area (Å²) in [5.74, 6) is 0.250. The third kappa shape index (κ3) is 0.623. The lowest BCUT2D eigenvalue weighted by atomic mass is 10.7. The summed E-state index contributed by atoms with van der Waals surface area (Å²) in [6, 6.07) is 0. The smallest absolute Gasteiger partial charge is 0.211 e. The van der Waals surface area contributed by atoms with Crippen LogP contribution in [0.2, 0.25) is 0 Å². The molecule has 0 aliphatic carbocycles. The van der Waals surface area contributed by atoms with Crippen LogP contribution in [-0.4, -0.2) is 23.6 Å². The van der Waals surface area contributed by atoms with Crippen molar-refractivity contribution in [2.24, 2.45) is 15.1 Å². The van der Waals surface area contributed by atoms with Crippen LogP contribution in [-0.2, 0) is 0 Å². The highest BCUT2D eigenvalue weighted by atomic mass is 16.4. The van der Waals surface area contributed by atoms with Crippen molar-refractivity contribution >= 4 is 18.4 Å². The van der Waals surface area contributed by atoms with Gasteiger partial charge in [-0.25, -0.2) is 9.98 Å². The van der Waals surface area contributed by atoms with Gasteiger partial charge in [0.2, 0.25) is 5.84 Å². The topological polar surface area (TPSA) is 57.3 Å². The summed E-state index contributed by atoms with van der Waals surface area (Å²) in [6.07, 6.45) is 2.68. The third-order valence-corrected chi connectivity index (χ3v) is 0.549. The molecule has 1 aliphatic heterocycles. The minimum Gasteiger partial charge on any atom is -0.409 e. The average Bonchev–Trinajstić information content (AvgIpc) is 2.14. The molecule has 0 aromatic carbocycles. The summed E-state index contributed by atoms with van der Waals surface area (Å²) in [5.41, 5.74) is 0. The lowest BCUT2D eigenvalue weighted by Gasteiger charge is -1.72. The summed E-state index contributed by atoms with van der Waals surface area (Å²) in [7, 11) is 0. The molecule has 7 heavy (non-hydrogen) atoms. The quantitative estimate of drug-likeness (QED) is 0.332. The van der Waals surface area contributed by atoms with Gasteiger partial charge >= 0.3 is 0 Å². The predicted octanol–water partition coefficient (Wildman–Crippen LogP) is -0.113. The van der Waals surface area contributed by atoms with E-state index in [-0.39, 0.29) is 5.84 Å². The number of hydrogen-bond acceptors (Lipinski definition) is 3. The highest BCUT2D eigenvalue weighted by Gasteiger charge is 1.91. The first-order valence-electron chi connectivity index (χ1n) is 1.71. The van der Waals surface area contributed by atoms with Crippen molar-refractivity contribution in [3.8, 4) is 0 Å². The minimum absolute atomic E-state index is 0.250. The fourth-order valence-electron chi connectivity index (χ4n) is 0.277. The normalized spacial score (nSPS) is 22.0. The molecule has 1 aliphatic rings. The molecule has 0 bridgehead atoms. The molecule has 0 saturated heterocycles. The largest absolute Gasteiger partial charge is 0.409 e. The number of oxime groups is 1. The van der Waals surface area contributed by atoms with Crippen LogP contribution in [0, 0.1) is 0 Å². The Balaban J connectivity index is 2.79. The van der Waals surface area contributed by atoms with Gasteiger partial charge in [0.05, 0.1) is 6.21 Å². The maximum absolute atomic E-state index is 7.95. The number of amidine groups is 1. The van der Waals surface area contributed by atoms with Gasteiger partial charge in [-0.05, 0) is 0 Å². The van der Waals surface area contributed by atoms with Crippen LogP contribution >= 0.6 is 0 Å². The van der Waals surface area contributed by atoms with E-state index in [9.17, 15) is 0 Å². The van der Waals surface area contributed by atoms with Crippen LogP contribution in [0.1, 0.15) is 0 Å². The van der Waals surface area contributed by atoms with E-state index in [0.717, 1.165) is 0 Å². The summed E-state index contributed by atoms with van der Waals surface area (Å²) in [5, 5.41) is 10.7. The van der Waals surface area contributed by atoms with E-state index in [2.05, 4.69) is 15.1 Å².